The van der Waals surface area contributed by atoms with E-state index in [9.17, 15) is 9.18 Å². The zero-order valence-electron chi connectivity index (χ0n) is 17.1. The van der Waals surface area contributed by atoms with E-state index in [1.807, 2.05) is 35.9 Å². The molecule has 1 aliphatic carbocycles. The highest BCUT2D eigenvalue weighted by Gasteiger charge is 2.24. The zero-order valence-corrected chi connectivity index (χ0v) is 18.7. The fourth-order valence-corrected chi connectivity index (χ4v) is 4.87. The number of halogens is 2. The van der Waals surface area contributed by atoms with E-state index >= 15 is 0 Å². The summed E-state index contributed by atoms with van der Waals surface area (Å²) >= 11 is 7.81. The molecular formula is C21H26ClFN4O2S. The van der Waals surface area contributed by atoms with Crippen molar-refractivity contribution < 1.29 is 13.9 Å². The van der Waals surface area contributed by atoms with Crippen molar-refractivity contribution in [2.24, 2.45) is 13.0 Å². The molecule has 0 bridgehead atoms. The molecule has 0 aliphatic heterocycles. The number of nitrogens with one attached hydrogen (secondary N) is 1. The Kier molecular flexibility index (Phi) is 8.16. The van der Waals surface area contributed by atoms with E-state index in [4.69, 9.17) is 16.3 Å². The van der Waals surface area contributed by atoms with Crippen LogP contribution in [0, 0.1) is 5.92 Å². The van der Waals surface area contributed by atoms with Gasteiger partial charge < -0.3 is 14.6 Å². The van der Waals surface area contributed by atoms with Gasteiger partial charge in [0.2, 0.25) is 5.91 Å². The number of ether oxygens (including phenoxy) is 1. The minimum atomic E-state index is -0.286. The van der Waals surface area contributed by atoms with Crippen molar-refractivity contribution in [1.82, 2.24) is 20.1 Å². The molecule has 2 unspecified atom stereocenters. The molecule has 0 radical (unpaired) electrons. The summed E-state index contributed by atoms with van der Waals surface area (Å²) in [6.07, 6.45) is 3.50. The van der Waals surface area contributed by atoms with Gasteiger partial charge in [-0.25, -0.2) is 4.39 Å². The predicted octanol–water partition coefficient (Wildman–Crippen LogP) is 4.04. The summed E-state index contributed by atoms with van der Waals surface area (Å²) in [7, 11) is 3.50. The van der Waals surface area contributed by atoms with Gasteiger partial charge in [0, 0.05) is 37.8 Å². The number of aromatic nitrogens is 3. The third-order valence-electron chi connectivity index (χ3n) is 5.14. The normalized spacial score (nSPS) is 18.7. The minimum Gasteiger partial charge on any atom is -0.496 e. The van der Waals surface area contributed by atoms with E-state index in [2.05, 4.69) is 15.5 Å². The van der Waals surface area contributed by atoms with E-state index in [0.717, 1.165) is 34.5 Å². The van der Waals surface area contributed by atoms with Crippen LogP contribution in [0.1, 0.15) is 30.7 Å². The van der Waals surface area contributed by atoms with Gasteiger partial charge in [0.15, 0.2) is 5.16 Å². The van der Waals surface area contributed by atoms with Gasteiger partial charge in [0.1, 0.15) is 11.6 Å². The van der Waals surface area contributed by atoms with E-state index in [1.54, 1.807) is 18.9 Å². The van der Waals surface area contributed by atoms with E-state index in [0.29, 0.717) is 25.8 Å². The van der Waals surface area contributed by atoms with Gasteiger partial charge in [-0.1, -0.05) is 30.0 Å². The lowest BCUT2D eigenvalue weighted by Crippen LogP contribution is -2.23. The van der Waals surface area contributed by atoms with Gasteiger partial charge in [-0.15, -0.1) is 21.8 Å². The quantitative estimate of drug-likeness (QED) is 0.459. The van der Waals surface area contributed by atoms with Crippen molar-refractivity contribution >= 4 is 29.3 Å². The second kappa shape index (κ2) is 10.8. The first kappa shape index (κ1) is 22.6. The number of methoxy groups -OCH3 is 1. The third-order valence-corrected chi connectivity index (χ3v) is 6.83. The highest BCUT2D eigenvalue weighted by atomic mass is 35.5. The second-order valence-electron chi connectivity index (χ2n) is 7.21. The van der Waals surface area contributed by atoms with Crippen LogP contribution in [0.2, 0.25) is 0 Å². The number of para-hydroxylation sites is 1. The first-order chi connectivity index (χ1) is 14.5. The van der Waals surface area contributed by atoms with Crippen LogP contribution >= 0.6 is 23.4 Å². The molecule has 0 spiro atoms. The van der Waals surface area contributed by atoms with Crippen LogP contribution in [0.25, 0.3) is 0 Å². The van der Waals surface area contributed by atoms with Crippen LogP contribution in [0.15, 0.2) is 41.3 Å². The molecular weight excluding hydrogens is 427 g/mol. The molecule has 1 amide bonds. The molecule has 1 aliphatic rings. The maximum absolute atomic E-state index is 13.3. The molecule has 162 valence electrons. The number of alkyl halides is 1. The zero-order chi connectivity index (χ0) is 21.5. The number of nitrogens with zero attached hydrogens (tertiary/aromatic N) is 3. The van der Waals surface area contributed by atoms with E-state index in [-0.39, 0.29) is 23.0 Å². The number of carbonyl (C=O) groups excluding carboxylic acids is 1. The van der Waals surface area contributed by atoms with Crippen molar-refractivity contribution in [2.75, 3.05) is 12.9 Å². The number of amides is 1. The average Bonchev–Trinajstić information content (AvgIpc) is 3.09. The number of hydrogen-bond acceptors (Lipinski definition) is 5. The Labute approximate surface area is 185 Å². The summed E-state index contributed by atoms with van der Waals surface area (Å²) in [6, 6.07) is 7.60. The molecule has 0 saturated carbocycles. The summed E-state index contributed by atoms with van der Waals surface area (Å²) in [4.78, 5) is 12.2. The summed E-state index contributed by atoms with van der Waals surface area (Å²) in [5, 5.41) is 11.8. The number of rotatable bonds is 9. The monoisotopic (exact) mass is 452 g/mol. The van der Waals surface area contributed by atoms with Crippen LogP contribution in [0.3, 0.4) is 0 Å². The summed E-state index contributed by atoms with van der Waals surface area (Å²) in [5.41, 5.74) is 0.931. The smallest absolute Gasteiger partial charge is 0.220 e. The first-order valence-corrected chi connectivity index (χ1v) is 11.3. The van der Waals surface area contributed by atoms with Gasteiger partial charge >= 0.3 is 0 Å². The molecule has 2 atom stereocenters. The second-order valence-corrected chi connectivity index (χ2v) is 8.71. The maximum atomic E-state index is 13.3. The number of allylic oxidation sites excluding steroid dienone is 2. The Morgan fingerprint density at radius 2 is 2.20 bits per heavy atom. The van der Waals surface area contributed by atoms with Crippen LogP contribution < -0.4 is 10.1 Å². The Morgan fingerprint density at radius 3 is 2.97 bits per heavy atom. The number of benzene rings is 1. The van der Waals surface area contributed by atoms with Crippen molar-refractivity contribution in [2.45, 2.75) is 42.8 Å². The standard InChI is InChI=1S/C21H26ClFN4O2S/c1-27-19(9-10-20(28)24-12-14-5-3-4-6-18(14)29-2)25-26-21(27)30-13-15-7-8-16(23)11-17(15)22/h3-6,11,15,17H,7-10,12-13H2,1-2H3,(H,24,28). The van der Waals surface area contributed by atoms with Crippen molar-refractivity contribution in [3.05, 3.63) is 47.6 Å². The van der Waals surface area contributed by atoms with Crippen molar-refractivity contribution in [3.8, 4) is 5.75 Å². The summed E-state index contributed by atoms with van der Waals surface area (Å²) in [5.74, 6) is 2.28. The lowest BCUT2D eigenvalue weighted by molar-refractivity contribution is -0.121. The fourth-order valence-electron chi connectivity index (χ4n) is 3.28. The van der Waals surface area contributed by atoms with Crippen molar-refractivity contribution in [3.63, 3.8) is 0 Å². The van der Waals surface area contributed by atoms with Crippen LogP contribution in [0.5, 0.6) is 5.75 Å². The maximum Gasteiger partial charge on any atom is 0.220 e. The highest BCUT2D eigenvalue weighted by Crippen LogP contribution is 2.32. The predicted molar refractivity (Wildman–Crippen MR) is 116 cm³/mol. The minimum absolute atomic E-state index is 0.0564. The lowest BCUT2D eigenvalue weighted by atomic mass is 9.95. The fraction of sp³-hybridized carbons (Fsp3) is 0.476. The highest BCUT2D eigenvalue weighted by molar-refractivity contribution is 7.99. The van der Waals surface area contributed by atoms with Crippen LogP contribution in [-0.2, 0) is 24.8 Å². The number of thioether (sulfide) groups is 1. The molecule has 9 heteroatoms. The number of aryl methyl sites for hydroxylation is 1. The Hall–Kier alpha value is -2.06. The Balaban J connectivity index is 1.46. The number of hydrogen-bond donors (Lipinski definition) is 1. The number of carbonyl (C=O) groups is 1. The molecule has 1 aromatic carbocycles. The van der Waals surface area contributed by atoms with E-state index < -0.39 is 0 Å². The van der Waals surface area contributed by atoms with Gasteiger partial charge in [0.25, 0.3) is 0 Å². The molecule has 3 rings (SSSR count). The molecule has 2 aromatic rings. The molecule has 1 heterocycles. The van der Waals surface area contributed by atoms with Crippen LogP contribution in [-0.4, -0.2) is 38.9 Å². The van der Waals surface area contributed by atoms with E-state index in [1.165, 1.54) is 6.08 Å². The average molecular weight is 453 g/mol. The summed E-state index contributed by atoms with van der Waals surface area (Å²) in [6.45, 7) is 0.415. The first-order valence-electron chi connectivity index (χ1n) is 9.88. The molecule has 1 N–H and O–H groups in total. The largest absolute Gasteiger partial charge is 0.496 e. The topological polar surface area (TPSA) is 69.0 Å². The van der Waals surface area contributed by atoms with Gasteiger partial charge in [0.05, 0.1) is 18.3 Å². The molecule has 30 heavy (non-hydrogen) atoms. The Bertz CT molecular complexity index is 905. The SMILES string of the molecule is COc1ccccc1CNC(=O)CCc1nnc(SCC2CCC(F)=CC2Cl)n1C. The van der Waals surface area contributed by atoms with Crippen molar-refractivity contribution in [1.29, 1.82) is 0 Å². The van der Waals surface area contributed by atoms with Gasteiger partial charge in [-0.2, -0.15) is 0 Å². The molecule has 0 saturated heterocycles. The Morgan fingerprint density at radius 1 is 1.40 bits per heavy atom. The molecule has 1 aromatic heterocycles. The lowest BCUT2D eigenvalue weighted by Gasteiger charge is -2.23. The van der Waals surface area contributed by atoms with Gasteiger partial charge in [-0.3, -0.25) is 4.79 Å². The third kappa shape index (κ3) is 5.98. The van der Waals surface area contributed by atoms with Crippen LogP contribution in [0.4, 0.5) is 4.39 Å². The van der Waals surface area contributed by atoms with Gasteiger partial charge in [-0.05, 0) is 30.9 Å². The molecule has 0 fully saturated rings. The summed E-state index contributed by atoms with van der Waals surface area (Å²) < 4.78 is 20.5. The molecule has 6 nitrogen and oxygen atoms in total.